The number of carbonyl (C=O) groups excluding carboxylic acids is 2. The van der Waals surface area contributed by atoms with Crippen molar-refractivity contribution in [1.82, 2.24) is 10.2 Å². The number of carbonyl (C=O) groups is 2. The second-order valence-corrected chi connectivity index (χ2v) is 12.2. The van der Waals surface area contributed by atoms with Gasteiger partial charge in [-0.25, -0.2) is 12.8 Å². The highest BCUT2D eigenvalue weighted by Crippen LogP contribution is 2.25. The Bertz CT molecular complexity index is 1360. The smallest absolute Gasteiger partial charge is 0.264 e. The van der Waals surface area contributed by atoms with Gasteiger partial charge in [-0.05, 0) is 81.8 Å². The molecular weight excluding hydrogens is 529 g/mol. The molecule has 0 aromatic heterocycles. The van der Waals surface area contributed by atoms with Gasteiger partial charge in [0.15, 0.2) is 0 Å². The van der Waals surface area contributed by atoms with E-state index in [9.17, 15) is 22.4 Å². The van der Waals surface area contributed by atoms with Crippen LogP contribution in [0.4, 0.5) is 10.1 Å². The highest BCUT2D eigenvalue weighted by atomic mass is 35.5. The molecular formula is C28H31ClFN3O4S. The SMILES string of the molecule is CC(C(=O)NC(C)(C)C)N(Cc1ccc(Cl)cc1)C(=O)CN(c1ccc(F)cc1)S(=O)(=O)c1ccccc1. The van der Waals surface area contributed by atoms with Gasteiger partial charge in [0.05, 0.1) is 10.6 Å². The number of sulfonamides is 1. The lowest BCUT2D eigenvalue weighted by atomic mass is 10.1. The van der Waals surface area contributed by atoms with Gasteiger partial charge in [-0.2, -0.15) is 0 Å². The van der Waals surface area contributed by atoms with Gasteiger partial charge >= 0.3 is 0 Å². The molecule has 3 rings (SSSR count). The van der Waals surface area contributed by atoms with Gasteiger partial charge in [-0.1, -0.05) is 41.9 Å². The van der Waals surface area contributed by atoms with Crippen LogP contribution in [0.5, 0.6) is 0 Å². The minimum absolute atomic E-state index is 0.0279. The molecule has 0 spiro atoms. The maximum absolute atomic E-state index is 13.8. The van der Waals surface area contributed by atoms with Crippen LogP contribution in [0.3, 0.4) is 0 Å². The number of nitrogens with one attached hydrogen (secondary N) is 1. The summed E-state index contributed by atoms with van der Waals surface area (Å²) in [6.45, 7) is 6.49. The van der Waals surface area contributed by atoms with Crippen molar-refractivity contribution in [2.75, 3.05) is 10.8 Å². The first-order chi connectivity index (χ1) is 17.8. The third-order valence-electron chi connectivity index (χ3n) is 5.66. The highest BCUT2D eigenvalue weighted by Gasteiger charge is 2.33. The van der Waals surface area contributed by atoms with Crippen LogP contribution in [0.15, 0.2) is 83.8 Å². The van der Waals surface area contributed by atoms with Crippen LogP contribution in [-0.4, -0.2) is 43.3 Å². The van der Waals surface area contributed by atoms with Gasteiger partial charge in [0, 0.05) is 17.1 Å². The molecule has 0 aliphatic carbocycles. The molecule has 10 heteroatoms. The monoisotopic (exact) mass is 559 g/mol. The predicted octanol–water partition coefficient (Wildman–Crippen LogP) is 5.01. The predicted molar refractivity (Wildman–Crippen MR) is 147 cm³/mol. The number of hydrogen-bond donors (Lipinski definition) is 1. The fourth-order valence-electron chi connectivity index (χ4n) is 3.70. The summed E-state index contributed by atoms with van der Waals surface area (Å²) in [5.41, 5.74) is 0.274. The van der Waals surface area contributed by atoms with Gasteiger partial charge in [0.25, 0.3) is 10.0 Å². The summed E-state index contributed by atoms with van der Waals surface area (Å²) >= 11 is 6.01. The number of nitrogens with zero attached hydrogens (tertiary/aromatic N) is 2. The molecule has 1 N–H and O–H groups in total. The summed E-state index contributed by atoms with van der Waals surface area (Å²) in [6.07, 6.45) is 0. The number of benzene rings is 3. The van der Waals surface area contributed by atoms with E-state index in [4.69, 9.17) is 11.6 Å². The molecule has 1 unspecified atom stereocenters. The first-order valence-electron chi connectivity index (χ1n) is 12.0. The fraction of sp³-hybridized carbons (Fsp3) is 0.286. The molecule has 3 aromatic rings. The first kappa shape index (κ1) is 29.1. The van der Waals surface area contributed by atoms with E-state index in [0.717, 1.165) is 16.4 Å². The zero-order chi connectivity index (χ0) is 28.1. The molecule has 202 valence electrons. The van der Waals surface area contributed by atoms with Gasteiger partial charge in [-0.3, -0.25) is 13.9 Å². The van der Waals surface area contributed by atoms with Crippen LogP contribution < -0.4 is 9.62 Å². The average molecular weight is 560 g/mol. The second kappa shape index (κ2) is 12.0. The van der Waals surface area contributed by atoms with Gasteiger partial charge in [-0.15, -0.1) is 0 Å². The Labute approximate surface area is 228 Å². The average Bonchev–Trinajstić information content (AvgIpc) is 2.86. The Balaban J connectivity index is 2.01. The van der Waals surface area contributed by atoms with Crippen molar-refractivity contribution in [1.29, 1.82) is 0 Å². The number of rotatable bonds is 9. The van der Waals surface area contributed by atoms with E-state index in [1.54, 1.807) is 49.4 Å². The molecule has 0 saturated heterocycles. The number of amides is 2. The Morgan fingerprint density at radius 2 is 1.53 bits per heavy atom. The van der Waals surface area contributed by atoms with Crippen LogP contribution >= 0.6 is 11.6 Å². The van der Waals surface area contributed by atoms with Gasteiger partial charge in [0.2, 0.25) is 11.8 Å². The molecule has 0 fully saturated rings. The summed E-state index contributed by atoms with van der Waals surface area (Å²) in [4.78, 5) is 28.1. The molecule has 38 heavy (non-hydrogen) atoms. The van der Waals surface area contributed by atoms with Crippen LogP contribution in [0, 0.1) is 5.82 Å². The third-order valence-corrected chi connectivity index (χ3v) is 7.70. The lowest BCUT2D eigenvalue weighted by Gasteiger charge is -2.33. The summed E-state index contributed by atoms with van der Waals surface area (Å²) in [5.74, 6) is -1.55. The van der Waals surface area contributed by atoms with E-state index >= 15 is 0 Å². The zero-order valence-corrected chi connectivity index (χ0v) is 23.3. The molecule has 0 radical (unpaired) electrons. The summed E-state index contributed by atoms with van der Waals surface area (Å²) in [5, 5.41) is 3.38. The van der Waals surface area contributed by atoms with E-state index in [0.29, 0.717) is 10.6 Å². The van der Waals surface area contributed by atoms with Crippen molar-refractivity contribution in [2.24, 2.45) is 0 Å². The third kappa shape index (κ3) is 7.55. The normalized spacial score (nSPS) is 12.5. The zero-order valence-electron chi connectivity index (χ0n) is 21.7. The first-order valence-corrected chi connectivity index (χ1v) is 13.8. The van der Waals surface area contributed by atoms with Crippen molar-refractivity contribution in [3.8, 4) is 0 Å². The topological polar surface area (TPSA) is 86.8 Å². The second-order valence-electron chi connectivity index (χ2n) is 9.86. The minimum Gasteiger partial charge on any atom is -0.350 e. The van der Waals surface area contributed by atoms with E-state index in [2.05, 4.69) is 5.32 Å². The lowest BCUT2D eigenvalue weighted by molar-refractivity contribution is -0.140. The van der Waals surface area contributed by atoms with Crippen LogP contribution in [0.1, 0.15) is 33.3 Å². The largest absolute Gasteiger partial charge is 0.350 e. The standard InChI is InChI=1S/C28H31ClFN3O4S/c1-20(27(35)31-28(2,3)4)32(18-21-10-12-22(29)13-11-21)26(34)19-33(24-16-14-23(30)15-17-24)38(36,37)25-8-6-5-7-9-25/h5-17,20H,18-19H2,1-4H3,(H,31,35). The Kier molecular flexibility index (Phi) is 9.17. The summed E-state index contributed by atoms with van der Waals surface area (Å²) < 4.78 is 41.8. The molecule has 7 nitrogen and oxygen atoms in total. The van der Waals surface area contributed by atoms with Gasteiger partial charge < -0.3 is 10.2 Å². The molecule has 3 aromatic carbocycles. The number of halogens is 2. The summed E-state index contributed by atoms with van der Waals surface area (Å²) in [7, 11) is -4.20. The summed E-state index contributed by atoms with van der Waals surface area (Å²) in [6, 6.07) is 18.4. The number of hydrogen-bond acceptors (Lipinski definition) is 4. The molecule has 1 atom stereocenters. The molecule has 0 bridgehead atoms. The fourth-order valence-corrected chi connectivity index (χ4v) is 5.26. The quantitative estimate of drug-likeness (QED) is 0.399. The lowest BCUT2D eigenvalue weighted by Crippen LogP contribution is -2.54. The molecule has 0 aliphatic heterocycles. The number of anilines is 1. The Morgan fingerprint density at radius 3 is 2.08 bits per heavy atom. The molecule has 2 amide bonds. The minimum atomic E-state index is -4.20. The van der Waals surface area contributed by atoms with Crippen LogP contribution in [0.2, 0.25) is 5.02 Å². The van der Waals surface area contributed by atoms with E-state index in [-0.39, 0.29) is 23.0 Å². The Morgan fingerprint density at radius 1 is 0.947 bits per heavy atom. The van der Waals surface area contributed by atoms with Gasteiger partial charge in [0.1, 0.15) is 18.4 Å². The maximum Gasteiger partial charge on any atom is 0.264 e. The van der Waals surface area contributed by atoms with Crippen molar-refractivity contribution >= 4 is 39.1 Å². The molecule has 0 saturated carbocycles. The highest BCUT2D eigenvalue weighted by molar-refractivity contribution is 7.92. The van der Waals surface area contributed by atoms with E-state index < -0.39 is 39.9 Å². The van der Waals surface area contributed by atoms with Crippen molar-refractivity contribution < 1.29 is 22.4 Å². The van der Waals surface area contributed by atoms with Crippen molar-refractivity contribution in [2.45, 2.75) is 50.7 Å². The van der Waals surface area contributed by atoms with Crippen LogP contribution in [0.25, 0.3) is 0 Å². The van der Waals surface area contributed by atoms with Crippen LogP contribution in [-0.2, 0) is 26.2 Å². The Hall–Kier alpha value is -3.43. The van der Waals surface area contributed by atoms with Crippen molar-refractivity contribution in [3.05, 3.63) is 95.3 Å². The van der Waals surface area contributed by atoms with E-state index in [1.165, 1.54) is 29.2 Å². The van der Waals surface area contributed by atoms with E-state index in [1.807, 2.05) is 20.8 Å². The van der Waals surface area contributed by atoms with Crippen molar-refractivity contribution in [3.63, 3.8) is 0 Å². The maximum atomic E-state index is 13.8. The molecule has 0 aliphatic rings. The molecule has 0 heterocycles.